The molecule has 2 aromatic carbocycles. The van der Waals surface area contributed by atoms with Crippen molar-refractivity contribution >= 4 is 39.2 Å². The predicted molar refractivity (Wildman–Crippen MR) is 124 cm³/mol. The molecule has 172 valence electrons. The number of amides is 1. The summed E-state index contributed by atoms with van der Waals surface area (Å²) in [4.78, 5) is 24.9. The van der Waals surface area contributed by atoms with Crippen LogP contribution in [0.3, 0.4) is 0 Å². The molecule has 32 heavy (non-hydrogen) atoms. The summed E-state index contributed by atoms with van der Waals surface area (Å²) in [5, 5.41) is 2.87. The SMILES string of the molecule is CCOC(=O)c1ccc(NC(=O)c2cc(S(=O)(=O)N3CCC(C)CC3)ccc2C)c(Cl)c1. The number of halogens is 1. The van der Waals surface area contributed by atoms with Gasteiger partial charge in [0.05, 0.1) is 27.8 Å². The van der Waals surface area contributed by atoms with Crippen LogP contribution in [0, 0.1) is 12.8 Å². The molecule has 0 saturated carbocycles. The molecule has 0 aromatic heterocycles. The van der Waals surface area contributed by atoms with Gasteiger partial charge in [-0.25, -0.2) is 13.2 Å². The van der Waals surface area contributed by atoms with Crippen LogP contribution in [0.5, 0.6) is 0 Å². The number of nitrogens with one attached hydrogen (secondary N) is 1. The lowest BCUT2D eigenvalue weighted by Gasteiger charge is -2.29. The highest BCUT2D eigenvalue weighted by atomic mass is 35.5. The molecule has 3 rings (SSSR count). The van der Waals surface area contributed by atoms with Crippen LogP contribution in [0.1, 0.15) is 53.0 Å². The fourth-order valence-corrected chi connectivity index (χ4v) is 5.25. The van der Waals surface area contributed by atoms with Gasteiger partial charge in [-0.1, -0.05) is 24.6 Å². The number of carbonyl (C=O) groups is 2. The monoisotopic (exact) mass is 478 g/mol. The van der Waals surface area contributed by atoms with Crippen LogP contribution in [0.15, 0.2) is 41.3 Å². The van der Waals surface area contributed by atoms with E-state index < -0.39 is 21.9 Å². The number of nitrogens with zero attached hydrogens (tertiary/aromatic N) is 1. The number of anilines is 1. The largest absolute Gasteiger partial charge is 0.462 e. The summed E-state index contributed by atoms with van der Waals surface area (Å²) in [7, 11) is -3.68. The van der Waals surface area contributed by atoms with Crippen LogP contribution in [0.25, 0.3) is 0 Å². The quantitative estimate of drug-likeness (QED) is 0.617. The lowest BCUT2D eigenvalue weighted by Crippen LogP contribution is -2.38. The maximum atomic E-state index is 13.1. The van der Waals surface area contributed by atoms with Crippen molar-refractivity contribution in [2.75, 3.05) is 25.0 Å². The van der Waals surface area contributed by atoms with Crippen LogP contribution in [0.2, 0.25) is 5.02 Å². The van der Waals surface area contributed by atoms with E-state index >= 15 is 0 Å². The number of carbonyl (C=O) groups excluding carboxylic acids is 2. The number of benzene rings is 2. The summed E-state index contributed by atoms with van der Waals surface area (Å²) in [5.41, 5.74) is 1.45. The van der Waals surface area contributed by atoms with E-state index in [1.807, 2.05) is 0 Å². The Bertz CT molecular complexity index is 1130. The molecule has 0 unspecified atom stereocenters. The van der Waals surface area contributed by atoms with Gasteiger partial charge in [0, 0.05) is 18.7 Å². The molecule has 1 heterocycles. The number of piperidine rings is 1. The van der Waals surface area contributed by atoms with E-state index in [-0.39, 0.29) is 27.7 Å². The maximum Gasteiger partial charge on any atom is 0.338 e. The number of aryl methyl sites for hydroxylation is 1. The molecule has 1 N–H and O–H groups in total. The van der Waals surface area contributed by atoms with E-state index in [2.05, 4.69) is 12.2 Å². The first-order chi connectivity index (χ1) is 15.1. The summed E-state index contributed by atoms with van der Waals surface area (Å²) < 4.78 is 32.6. The third kappa shape index (κ3) is 5.31. The first kappa shape index (κ1) is 24.2. The second-order valence-electron chi connectivity index (χ2n) is 7.93. The Kier molecular flexibility index (Phi) is 7.59. The van der Waals surface area contributed by atoms with Crippen molar-refractivity contribution in [1.29, 1.82) is 0 Å². The topological polar surface area (TPSA) is 92.8 Å². The number of ether oxygens (including phenoxy) is 1. The number of sulfonamides is 1. The van der Waals surface area contributed by atoms with Crippen molar-refractivity contribution in [3.8, 4) is 0 Å². The highest BCUT2D eigenvalue weighted by Gasteiger charge is 2.29. The second kappa shape index (κ2) is 10.0. The van der Waals surface area contributed by atoms with Crippen molar-refractivity contribution in [2.45, 2.75) is 38.5 Å². The zero-order valence-corrected chi connectivity index (χ0v) is 19.9. The Morgan fingerprint density at radius 3 is 2.47 bits per heavy atom. The minimum atomic E-state index is -3.68. The Hall–Kier alpha value is -2.42. The van der Waals surface area contributed by atoms with Crippen LogP contribution in [-0.2, 0) is 14.8 Å². The van der Waals surface area contributed by atoms with Crippen molar-refractivity contribution in [3.63, 3.8) is 0 Å². The van der Waals surface area contributed by atoms with Crippen molar-refractivity contribution < 1.29 is 22.7 Å². The molecule has 1 saturated heterocycles. The normalized spacial score (nSPS) is 15.4. The van der Waals surface area contributed by atoms with E-state index in [0.717, 1.165) is 12.8 Å². The molecular weight excluding hydrogens is 452 g/mol. The second-order valence-corrected chi connectivity index (χ2v) is 10.3. The average molecular weight is 479 g/mol. The lowest BCUT2D eigenvalue weighted by atomic mass is 10.0. The van der Waals surface area contributed by atoms with E-state index in [9.17, 15) is 18.0 Å². The van der Waals surface area contributed by atoms with Crippen molar-refractivity contribution in [1.82, 2.24) is 4.31 Å². The summed E-state index contributed by atoms with van der Waals surface area (Å²) >= 11 is 6.24. The van der Waals surface area contributed by atoms with Gasteiger partial charge < -0.3 is 10.1 Å². The molecule has 1 aliphatic heterocycles. The fraction of sp³-hybridized carbons (Fsp3) is 0.391. The number of hydrogen-bond acceptors (Lipinski definition) is 5. The minimum Gasteiger partial charge on any atom is -0.462 e. The first-order valence-electron chi connectivity index (χ1n) is 10.5. The molecule has 9 heteroatoms. The average Bonchev–Trinajstić information content (AvgIpc) is 2.75. The van der Waals surface area contributed by atoms with E-state index in [1.54, 1.807) is 19.9 Å². The van der Waals surface area contributed by atoms with Crippen LogP contribution in [0.4, 0.5) is 5.69 Å². The summed E-state index contributed by atoms with van der Waals surface area (Å²) in [6, 6.07) is 8.99. The van der Waals surface area contributed by atoms with Crippen LogP contribution < -0.4 is 5.32 Å². The molecule has 0 radical (unpaired) electrons. The zero-order chi connectivity index (χ0) is 23.5. The molecule has 1 aliphatic rings. The van der Waals surface area contributed by atoms with Crippen LogP contribution in [-0.4, -0.2) is 44.3 Å². The third-order valence-electron chi connectivity index (χ3n) is 5.56. The van der Waals surface area contributed by atoms with Crippen molar-refractivity contribution in [3.05, 3.63) is 58.1 Å². The van der Waals surface area contributed by atoms with E-state index in [1.165, 1.54) is 34.6 Å². The third-order valence-corrected chi connectivity index (χ3v) is 7.77. The number of rotatable bonds is 6. The fourth-order valence-electron chi connectivity index (χ4n) is 3.53. The van der Waals surface area contributed by atoms with E-state index in [4.69, 9.17) is 16.3 Å². The Labute approximate surface area is 193 Å². The van der Waals surface area contributed by atoms with E-state index in [0.29, 0.717) is 30.3 Å². The summed E-state index contributed by atoms with van der Waals surface area (Å²) in [6.45, 7) is 6.74. The molecular formula is C23H27ClN2O5S. The smallest absolute Gasteiger partial charge is 0.338 e. The van der Waals surface area contributed by atoms with Gasteiger partial charge in [0.1, 0.15) is 0 Å². The van der Waals surface area contributed by atoms with Gasteiger partial charge >= 0.3 is 5.97 Å². The lowest BCUT2D eigenvalue weighted by molar-refractivity contribution is 0.0526. The van der Waals surface area contributed by atoms with Gasteiger partial charge in [0.25, 0.3) is 5.91 Å². The molecule has 0 bridgehead atoms. The number of hydrogen-bond donors (Lipinski definition) is 1. The van der Waals surface area contributed by atoms with Crippen molar-refractivity contribution in [2.24, 2.45) is 5.92 Å². The highest BCUT2D eigenvalue weighted by Crippen LogP contribution is 2.27. The van der Waals surface area contributed by atoms with Gasteiger partial charge in [-0.15, -0.1) is 0 Å². The zero-order valence-electron chi connectivity index (χ0n) is 18.4. The Balaban J connectivity index is 1.82. The molecule has 2 aromatic rings. The van der Waals surface area contributed by atoms with Crippen LogP contribution >= 0.6 is 11.6 Å². The molecule has 0 spiro atoms. The Morgan fingerprint density at radius 2 is 1.84 bits per heavy atom. The van der Waals surface area contributed by atoms with Gasteiger partial charge in [0.2, 0.25) is 10.0 Å². The molecule has 0 aliphatic carbocycles. The molecule has 1 fully saturated rings. The summed E-state index contributed by atoms with van der Waals surface area (Å²) in [6.07, 6.45) is 1.64. The molecule has 7 nitrogen and oxygen atoms in total. The highest BCUT2D eigenvalue weighted by molar-refractivity contribution is 7.89. The summed E-state index contributed by atoms with van der Waals surface area (Å²) in [5.74, 6) is -0.494. The maximum absolute atomic E-state index is 13.1. The number of esters is 1. The predicted octanol–water partition coefficient (Wildman–Crippen LogP) is 4.50. The van der Waals surface area contributed by atoms with Gasteiger partial charge in [-0.05, 0) is 68.5 Å². The standard InChI is InChI=1S/C23H27ClN2O5S/c1-4-31-23(28)17-6-8-21(20(24)13-17)25-22(27)19-14-18(7-5-16(19)3)32(29,30)26-11-9-15(2)10-12-26/h5-8,13-15H,4,9-12H2,1-3H3,(H,25,27). The first-order valence-corrected chi connectivity index (χ1v) is 12.3. The minimum absolute atomic E-state index is 0.0894. The Morgan fingerprint density at radius 1 is 1.16 bits per heavy atom. The van der Waals surface area contributed by atoms with Gasteiger partial charge in [-0.2, -0.15) is 4.31 Å². The molecule has 0 atom stereocenters. The van der Waals surface area contributed by atoms with Gasteiger partial charge in [0.15, 0.2) is 0 Å². The molecule has 1 amide bonds. The van der Waals surface area contributed by atoms with Gasteiger partial charge in [-0.3, -0.25) is 4.79 Å².